The van der Waals surface area contributed by atoms with Crippen LogP contribution in [0.3, 0.4) is 0 Å². The van der Waals surface area contributed by atoms with E-state index < -0.39 is 0 Å². The van der Waals surface area contributed by atoms with Gasteiger partial charge < -0.3 is 0 Å². The van der Waals surface area contributed by atoms with Gasteiger partial charge in [-0.05, 0) is 24.3 Å². The van der Waals surface area contributed by atoms with Crippen molar-refractivity contribution in [1.29, 1.82) is 0 Å². The standard InChI is InChI=1S/C10H15/c1-10(2,3)8-9-6-4-5-7-9/h6-7H,4,8H2,1-3H3. The normalized spacial score (nSPS) is 17.7. The van der Waals surface area contributed by atoms with Crippen molar-refractivity contribution < 1.29 is 0 Å². The van der Waals surface area contributed by atoms with Crippen molar-refractivity contribution in [2.75, 3.05) is 0 Å². The van der Waals surface area contributed by atoms with Crippen LogP contribution in [0.2, 0.25) is 0 Å². The minimum atomic E-state index is 0.425. The van der Waals surface area contributed by atoms with Crippen LogP contribution in [0.5, 0.6) is 0 Å². The van der Waals surface area contributed by atoms with Crippen LogP contribution in [-0.4, -0.2) is 0 Å². The molecule has 1 aliphatic carbocycles. The average Bonchev–Trinajstić information content (AvgIpc) is 2.12. The molecule has 0 atom stereocenters. The molecule has 0 aromatic heterocycles. The SMILES string of the molecule is CC(C)(C)CC1=CC[C]=C1. The lowest BCUT2D eigenvalue weighted by Gasteiger charge is -2.17. The fourth-order valence-corrected chi connectivity index (χ4v) is 1.17. The molecular weight excluding hydrogens is 120 g/mol. The summed E-state index contributed by atoms with van der Waals surface area (Å²) in [5, 5.41) is 0. The first-order chi connectivity index (χ1) is 4.58. The van der Waals surface area contributed by atoms with Gasteiger partial charge in [0.2, 0.25) is 0 Å². The van der Waals surface area contributed by atoms with Crippen molar-refractivity contribution in [3.05, 3.63) is 23.8 Å². The highest BCUT2D eigenvalue weighted by Gasteiger charge is 2.12. The van der Waals surface area contributed by atoms with Gasteiger partial charge >= 0.3 is 0 Å². The quantitative estimate of drug-likeness (QED) is 0.518. The Morgan fingerprint density at radius 2 is 2.20 bits per heavy atom. The van der Waals surface area contributed by atoms with Crippen molar-refractivity contribution in [2.45, 2.75) is 33.6 Å². The molecule has 0 heteroatoms. The molecule has 10 heavy (non-hydrogen) atoms. The Labute approximate surface area is 63.6 Å². The molecular formula is C10H15. The first kappa shape index (κ1) is 7.59. The highest BCUT2D eigenvalue weighted by molar-refractivity contribution is 5.23. The second-order valence-electron chi connectivity index (χ2n) is 4.07. The lowest BCUT2D eigenvalue weighted by Crippen LogP contribution is -2.04. The maximum atomic E-state index is 3.18. The smallest absolute Gasteiger partial charge is 0.00887 e. The predicted molar refractivity (Wildman–Crippen MR) is 44.6 cm³/mol. The zero-order chi connectivity index (χ0) is 7.61. The number of allylic oxidation sites excluding steroid dienone is 4. The summed E-state index contributed by atoms with van der Waals surface area (Å²) < 4.78 is 0. The van der Waals surface area contributed by atoms with Crippen molar-refractivity contribution in [3.63, 3.8) is 0 Å². The van der Waals surface area contributed by atoms with Crippen LogP contribution in [0.1, 0.15) is 33.6 Å². The Balaban J connectivity index is 2.46. The zero-order valence-electron chi connectivity index (χ0n) is 7.07. The highest BCUT2D eigenvalue weighted by atomic mass is 14.2. The monoisotopic (exact) mass is 135 g/mol. The second kappa shape index (κ2) is 2.61. The Hall–Kier alpha value is -0.520. The largest absolute Gasteiger partial charge is 0.0769 e. The molecule has 0 saturated carbocycles. The molecule has 0 aliphatic heterocycles. The number of rotatable bonds is 1. The molecule has 0 fully saturated rings. The van der Waals surface area contributed by atoms with Gasteiger partial charge in [0.05, 0.1) is 0 Å². The third-order valence-electron chi connectivity index (χ3n) is 1.50. The minimum absolute atomic E-state index is 0.425. The van der Waals surface area contributed by atoms with Crippen LogP contribution in [0, 0.1) is 11.5 Å². The molecule has 1 aliphatic rings. The fraction of sp³-hybridized carbons (Fsp3) is 0.600. The topological polar surface area (TPSA) is 0 Å². The highest BCUT2D eigenvalue weighted by Crippen LogP contribution is 2.26. The van der Waals surface area contributed by atoms with Crippen LogP contribution in [0.25, 0.3) is 0 Å². The van der Waals surface area contributed by atoms with Crippen molar-refractivity contribution in [3.8, 4) is 0 Å². The summed E-state index contributed by atoms with van der Waals surface area (Å²) in [5.41, 5.74) is 1.88. The van der Waals surface area contributed by atoms with Crippen LogP contribution >= 0.6 is 0 Å². The molecule has 0 unspecified atom stereocenters. The van der Waals surface area contributed by atoms with E-state index >= 15 is 0 Å². The molecule has 0 spiro atoms. The third-order valence-corrected chi connectivity index (χ3v) is 1.50. The molecule has 55 valence electrons. The van der Waals surface area contributed by atoms with E-state index in [4.69, 9.17) is 0 Å². The molecule has 0 nitrogen and oxygen atoms in total. The van der Waals surface area contributed by atoms with Gasteiger partial charge in [-0.3, -0.25) is 0 Å². The van der Waals surface area contributed by atoms with E-state index in [1.807, 2.05) is 0 Å². The van der Waals surface area contributed by atoms with Gasteiger partial charge in [0.25, 0.3) is 0 Å². The van der Waals surface area contributed by atoms with E-state index in [9.17, 15) is 0 Å². The summed E-state index contributed by atoms with van der Waals surface area (Å²) in [6.07, 6.45) is 9.75. The van der Waals surface area contributed by atoms with Gasteiger partial charge in [-0.25, -0.2) is 0 Å². The van der Waals surface area contributed by atoms with E-state index in [2.05, 4.69) is 39.0 Å². The molecule has 0 saturated heterocycles. The third kappa shape index (κ3) is 2.38. The lowest BCUT2D eigenvalue weighted by molar-refractivity contribution is 0.413. The summed E-state index contributed by atoms with van der Waals surface area (Å²) in [5.74, 6) is 0. The van der Waals surface area contributed by atoms with Gasteiger partial charge in [0.1, 0.15) is 0 Å². The first-order valence-corrected chi connectivity index (χ1v) is 3.83. The summed E-state index contributed by atoms with van der Waals surface area (Å²) in [6, 6.07) is 0. The van der Waals surface area contributed by atoms with Crippen LogP contribution in [-0.2, 0) is 0 Å². The van der Waals surface area contributed by atoms with Gasteiger partial charge in [-0.15, -0.1) is 0 Å². The first-order valence-electron chi connectivity index (χ1n) is 3.83. The van der Waals surface area contributed by atoms with E-state index in [-0.39, 0.29) is 0 Å². The van der Waals surface area contributed by atoms with Gasteiger partial charge in [0.15, 0.2) is 0 Å². The Kier molecular flexibility index (Phi) is 1.98. The van der Waals surface area contributed by atoms with Gasteiger partial charge in [-0.2, -0.15) is 0 Å². The molecule has 1 rings (SSSR count). The summed E-state index contributed by atoms with van der Waals surface area (Å²) in [7, 11) is 0. The van der Waals surface area contributed by atoms with Crippen molar-refractivity contribution in [1.82, 2.24) is 0 Å². The van der Waals surface area contributed by atoms with Crippen LogP contribution in [0.15, 0.2) is 17.7 Å². The van der Waals surface area contributed by atoms with E-state index in [1.165, 1.54) is 12.0 Å². The number of hydrogen-bond acceptors (Lipinski definition) is 0. The van der Waals surface area contributed by atoms with Crippen LogP contribution in [0.4, 0.5) is 0 Å². The molecule has 1 radical (unpaired) electrons. The van der Waals surface area contributed by atoms with E-state index in [0.29, 0.717) is 5.41 Å². The van der Waals surface area contributed by atoms with E-state index in [1.54, 1.807) is 0 Å². The van der Waals surface area contributed by atoms with Gasteiger partial charge in [-0.1, -0.05) is 38.5 Å². The molecule has 0 aromatic rings. The zero-order valence-corrected chi connectivity index (χ0v) is 7.07. The van der Waals surface area contributed by atoms with Crippen molar-refractivity contribution >= 4 is 0 Å². The Bertz CT molecular complexity index is 165. The predicted octanol–water partition coefficient (Wildman–Crippen LogP) is 3.11. The lowest BCUT2D eigenvalue weighted by atomic mass is 9.88. The summed E-state index contributed by atoms with van der Waals surface area (Å²) in [6.45, 7) is 6.79. The van der Waals surface area contributed by atoms with Crippen LogP contribution < -0.4 is 0 Å². The van der Waals surface area contributed by atoms with E-state index in [0.717, 1.165) is 6.42 Å². The minimum Gasteiger partial charge on any atom is -0.0769 e. The van der Waals surface area contributed by atoms with Gasteiger partial charge in [0, 0.05) is 0 Å². The number of hydrogen-bond donors (Lipinski definition) is 0. The maximum absolute atomic E-state index is 3.18. The summed E-state index contributed by atoms with van der Waals surface area (Å²) >= 11 is 0. The molecule has 0 amide bonds. The Morgan fingerprint density at radius 1 is 1.50 bits per heavy atom. The molecule has 0 bridgehead atoms. The average molecular weight is 135 g/mol. The second-order valence-corrected chi connectivity index (χ2v) is 4.07. The summed E-state index contributed by atoms with van der Waals surface area (Å²) in [4.78, 5) is 0. The maximum Gasteiger partial charge on any atom is -0.00887 e. The van der Waals surface area contributed by atoms with Crippen molar-refractivity contribution in [2.24, 2.45) is 5.41 Å². The molecule has 0 N–H and O–H groups in total. The fourth-order valence-electron chi connectivity index (χ4n) is 1.17. The Morgan fingerprint density at radius 3 is 2.60 bits per heavy atom. The molecule has 0 heterocycles. The molecule has 0 aromatic carbocycles.